The van der Waals surface area contributed by atoms with Gasteiger partial charge in [0.15, 0.2) is 0 Å². The van der Waals surface area contributed by atoms with Gasteiger partial charge in [0, 0.05) is 26.2 Å². The van der Waals surface area contributed by atoms with E-state index in [9.17, 15) is 0 Å². The summed E-state index contributed by atoms with van der Waals surface area (Å²) in [6.07, 6.45) is 5.99. The Labute approximate surface area is 168 Å². The largest absolute Gasteiger partial charge is 0.380 e. The Kier molecular flexibility index (Phi) is 9.02. The van der Waals surface area contributed by atoms with Gasteiger partial charge in [-0.25, -0.2) is 4.39 Å². The predicted molar refractivity (Wildman–Crippen MR) is 113 cm³/mol. The van der Waals surface area contributed by atoms with Gasteiger partial charge in [-0.05, 0) is 74.9 Å². The SMILES string of the molecule is CC(C)(C)CCN1CCCC(CC(C)(C)CCN2CCCOCC2)C(F)C1. The number of hydrogen-bond acceptors (Lipinski definition) is 3. The second kappa shape index (κ2) is 10.5. The molecule has 2 saturated heterocycles. The van der Waals surface area contributed by atoms with Crippen LogP contribution in [0.4, 0.5) is 4.39 Å². The molecule has 0 saturated carbocycles. The van der Waals surface area contributed by atoms with Crippen LogP contribution < -0.4 is 0 Å². The van der Waals surface area contributed by atoms with Crippen molar-refractivity contribution < 1.29 is 9.13 Å². The highest BCUT2D eigenvalue weighted by atomic mass is 19.1. The number of likely N-dealkylation sites (tertiary alicyclic amines) is 1. The van der Waals surface area contributed by atoms with Crippen molar-refractivity contribution in [2.24, 2.45) is 16.7 Å². The highest BCUT2D eigenvalue weighted by Gasteiger charge is 2.32. The molecule has 0 amide bonds. The van der Waals surface area contributed by atoms with Gasteiger partial charge >= 0.3 is 0 Å². The van der Waals surface area contributed by atoms with Crippen LogP contribution in [0.5, 0.6) is 0 Å². The molecule has 2 heterocycles. The zero-order valence-corrected chi connectivity index (χ0v) is 18.7. The van der Waals surface area contributed by atoms with E-state index in [1.54, 1.807) is 0 Å². The second-order valence-corrected chi connectivity index (χ2v) is 11.0. The summed E-state index contributed by atoms with van der Waals surface area (Å²) in [5.74, 6) is 0.229. The zero-order valence-electron chi connectivity index (χ0n) is 18.7. The highest BCUT2D eigenvalue weighted by Crippen LogP contribution is 2.36. The minimum absolute atomic E-state index is 0.211. The molecule has 160 valence electrons. The molecular formula is C23H45FN2O. The monoisotopic (exact) mass is 384 g/mol. The summed E-state index contributed by atoms with van der Waals surface area (Å²) >= 11 is 0. The van der Waals surface area contributed by atoms with E-state index in [4.69, 9.17) is 4.74 Å². The maximum atomic E-state index is 15.1. The van der Waals surface area contributed by atoms with Gasteiger partial charge in [0.2, 0.25) is 0 Å². The Bertz CT molecular complexity index is 413. The molecule has 0 aromatic rings. The third-order valence-corrected chi connectivity index (χ3v) is 6.41. The first kappa shape index (κ1) is 23.1. The van der Waals surface area contributed by atoms with Gasteiger partial charge in [0.25, 0.3) is 0 Å². The number of rotatable bonds is 7. The number of alkyl halides is 1. The lowest BCUT2D eigenvalue weighted by Gasteiger charge is -2.33. The van der Waals surface area contributed by atoms with E-state index in [2.05, 4.69) is 44.4 Å². The second-order valence-electron chi connectivity index (χ2n) is 11.0. The summed E-state index contributed by atoms with van der Waals surface area (Å²) in [6, 6.07) is 0. The Morgan fingerprint density at radius 1 is 0.889 bits per heavy atom. The number of ether oxygens (including phenoxy) is 1. The smallest absolute Gasteiger partial charge is 0.116 e. The van der Waals surface area contributed by atoms with Crippen molar-refractivity contribution in [3.05, 3.63) is 0 Å². The lowest BCUT2D eigenvalue weighted by molar-refractivity contribution is 0.113. The molecule has 2 rings (SSSR count). The summed E-state index contributed by atoms with van der Waals surface area (Å²) in [4.78, 5) is 4.91. The molecule has 4 heteroatoms. The first-order valence-electron chi connectivity index (χ1n) is 11.3. The lowest BCUT2D eigenvalue weighted by Crippen LogP contribution is -2.35. The standard InChI is InChI=1S/C23H45FN2O/c1-22(2,3)9-13-26-11-6-8-20(21(24)19-26)18-23(4,5)10-14-25-12-7-16-27-17-15-25/h20-21H,6-19H2,1-5H3. The third-order valence-electron chi connectivity index (χ3n) is 6.41. The highest BCUT2D eigenvalue weighted by molar-refractivity contribution is 4.84. The van der Waals surface area contributed by atoms with E-state index in [-0.39, 0.29) is 11.3 Å². The molecule has 0 bridgehead atoms. The van der Waals surface area contributed by atoms with Gasteiger partial charge in [0.05, 0.1) is 6.61 Å². The lowest BCUT2D eigenvalue weighted by atomic mass is 9.77. The topological polar surface area (TPSA) is 15.7 Å². The zero-order chi connectivity index (χ0) is 19.9. The molecule has 0 aromatic heterocycles. The average Bonchev–Trinajstić information content (AvgIpc) is 2.92. The van der Waals surface area contributed by atoms with Crippen LogP contribution in [0.3, 0.4) is 0 Å². The maximum absolute atomic E-state index is 15.1. The molecule has 0 radical (unpaired) electrons. The van der Waals surface area contributed by atoms with Crippen molar-refractivity contribution in [3.8, 4) is 0 Å². The fraction of sp³-hybridized carbons (Fsp3) is 1.00. The van der Waals surface area contributed by atoms with Crippen molar-refractivity contribution in [1.82, 2.24) is 9.80 Å². The molecular weight excluding hydrogens is 339 g/mol. The fourth-order valence-corrected chi connectivity index (χ4v) is 4.47. The van der Waals surface area contributed by atoms with Crippen LogP contribution in [-0.2, 0) is 4.74 Å². The first-order chi connectivity index (χ1) is 12.6. The maximum Gasteiger partial charge on any atom is 0.116 e. The third kappa shape index (κ3) is 9.23. The van der Waals surface area contributed by atoms with E-state index in [1.807, 2.05) is 0 Å². The van der Waals surface area contributed by atoms with E-state index in [1.165, 1.54) is 0 Å². The van der Waals surface area contributed by atoms with Gasteiger partial charge in [-0.15, -0.1) is 0 Å². The Morgan fingerprint density at radius 3 is 2.33 bits per heavy atom. The Balaban J connectivity index is 1.78. The molecule has 0 N–H and O–H groups in total. The van der Waals surface area contributed by atoms with Crippen LogP contribution in [0, 0.1) is 16.7 Å². The summed E-state index contributed by atoms with van der Waals surface area (Å²) in [5, 5.41) is 0. The average molecular weight is 385 g/mol. The van der Waals surface area contributed by atoms with Crippen LogP contribution in [0.2, 0.25) is 0 Å². The van der Waals surface area contributed by atoms with Crippen molar-refractivity contribution in [3.63, 3.8) is 0 Å². The normalized spacial score (nSPS) is 27.3. The van der Waals surface area contributed by atoms with Gasteiger partial charge in [-0.1, -0.05) is 34.6 Å². The van der Waals surface area contributed by atoms with E-state index in [0.717, 1.165) is 84.5 Å². The molecule has 2 aliphatic heterocycles. The quantitative estimate of drug-likeness (QED) is 0.614. The van der Waals surface area contributed by atoms with E-state index in [0.29, 0.717) is 12.0 Å². The van der Waals surface area contributed by atoms with Crippen molar-refractivity contribution in [1.29, 1.82) is 0 Å². The molecule has 0 spiro atoms. The Hall–Kier alpha value is -0.190. The van der Waals surface area contributed by atoms with Crippen molar-refractivity contribution in [2.45, 2.75) is 79.3 Å². The predicted octanol–water partition coefficient (Wildman–Crippen LogP) is 5.00. The molecule has 2 atom stereocenters. The summed E-state index contributed by atoms with van der Waals surface area (Å²) < 4.78 is 20.6. The molecule has 0 aliphatic carbocycles. The van der Waals surface area contributed by atoms with Crippen molar-refractivity contribution in [2.75, 3.05) is 52.5 Å². The summed E-state index contributed by atoms with van der Waals surface area (Å²) in [5.41, 5.74) is 0.542. The minimum atomic E-state index is -0.668. The van der Waals surface area contributed by atoms with Crippen LogP contribution in [0.15, 0.2) is 0 Å². The van der Waals surface area contributed by atoms with Gasteiger partial charge in [0.1, 0.15) is 6.17 Å². The van der Waals surface area contributed by atoms with E-state index >= 15 is 4.39 Å². The molecule has 27 heavy (non-hydrogen) atoms. The first-order valence-corrected chi connectivity index (χ1v) is 11.3. The number of halogens is 1. The molecule has 2 aliphatic rings. The van der Waals surface area contributed by atoms with Crippen LogP contribution in [-0.4, -0.2) is 68.5 Å². The number of hydrogen-bond donors (Lipinski definition) is 0. The Morgan fingerprint density at radius 2 is 1.59 bits per heavy atom. The van der Waals surface area contributed by atoms with E-state index < -0.39 is 6.17 Å². The molecule has 3 nitrogen and oxygen atoms in total. The summed E-state index contributed by atoms with van der Waals surface area (Å²) in [6.45, 7) is 19.3. The molecule has 2 fully saturated rings. The molecule has 2 unspecified atom stereocenters. The molecule has 0 aromatic carbocycles. The van der Waals surface area contributed by atoms with Crippen LogP contribution >= 0.6 is 0 Å². The summed E-state index contributed by atoms with van der Waals surface area (Å²) in [7, 11) is 0. The van der Waals surface area contributed by atoms with Crippen LogP contribution in [0.1, 0.15) is 73.1 Å². The van der Waals surface area contributed by atoms with Gasteiger partial charge in [-0.3, -0.25) is 0 Å². The minimum Gasteiger partial charge on any atom is -0.380 e. The van der Waals surface area contributed by atoms with Gasteiger partial charge < -0.3 is 14.5 Å². The van der Waals surface area contributed by atoms with Gasteiger partial charge in [-0.2, -0.15) is 0 Å². The number of nitrogens with zero attached hydrogens (tertiary/aromatic N) is 2. The van der Waals surface area contributed by atoms with Crippen LogP contribution in [0.25, 0.3) is 0 Å². The van der Waals surface area contributed by atoms with Crippen molar-refractivity contribution >= 4 is 0 Å². The fourth-order valence-electron chi connectivity index (χ4n) is 4.47.